The Morgan fingerprint density at radius 1 is 1.09 bits per heavy atom. The summed E-state index contributed by atoms with van der Waals surface area (Å²) >= 11 is 0. The largest absolute Gasteiger partial charge is 0.494 e. The highest BCUT2D eigenvalue weighted by atomic mass is 19.1. The van der Waals surface area contributed by atoms with E-state index in [4.69, 9.17) is 4.74 Å². The highest BCUT2D eigenvalue weighted by Crippen LogP contribution is 2.28. The van der Waals surface area contributed by atoms with Gasteiger partial charge < -0.3 is 24.3 Å². The summed E-state index contributed by atoms with van der Waals surface area (Å²) in [5.41, 5.74) is 3.76. The third-order valence-electron chi connectivity index (χ3n) is 5.04. The van der Waals surface area contributed by atoms with E-state index < -0.39 is 0 Å². The fourth-order valence-electron chi connectivity index (χ4n) is 3.46. The Bertz CT molecular complexity index is 1300. The van der Waals surface area contributed by atoms with Gasteiger partial charge in [-0.15, -0.1) is 0 Å². The zero-order valence-corrected chi connectivity index (χ0v) is 17.7. The predicted molar refractivity (Wildman–Crippen MR) is 120 cm³/mol. The third-order valence-corrected chi connectivity index (χ3v) is 5.04. The van der Waals surface area contributed by atoms with Crippen molar-refractivity contribution in [3.8, 4) is 11.4 Å². The average molecular weight is 434 g/mol. The maximum Gasteiger partial charge on any atom is 0.274 e. The molecule has 0 aliphatic carbocycles. The van der Waals surface area contributed by atoms with E-state index in [1.165, 1.54) is 16.7 Å². The number of aliphatic hydroxyl groups excluding tert-OH is 1. The molecule has 0 saturated carbocycles. The summed E-state index contributed by atoms with van der Waals surface area (Å²) in [6, 6.07) is 13.1. The summed E-state index contributed by atoms with van der Waals surface area (Å²) in [4.78, 5) is 17.3. The lowest BCUT2D eigenvalue weighted by molar-refractivity contribution is 0.280. The number of nitrogens with one attached hydrogen (secondary N) is 1. The molecule has 0 fully saturated rings. The molecule has 0 atom stereocenters. The molecule has 0 unspecified atom stereocenters. The first-order chi connectivity index (χ1) is 15.5. The molecule has 2 heterocycles. The van der Waals surface area contributed by atoms with E-state index in [1.54, 1.807) is 43.9 Å². The van der Waals surface area contributed by atoms with Crippen molar-refractivity contribution in [1.29, 1.82) is 0 Å². The van der Waals surface area contributed by atoms with Gasteiger partial charge >= 0.3 is 0 Å². The van der Waals surface area contributed by atoms with E-state index >= 15 is 0 Å². The molecule has 32 heavy (non-hydrogen) atoms. The molecule has 0 radical (unpaired) electrons. The second kappa shape index (κ2) is 9.07. The van der Waals surface area contributed by atoms with Gasteiger partial charge in [0.2, 0.25) is 0 Å². The number of imidazole rings is 1. The van der Waals surface area contributed by atoms with Crippen LogP contribution in [0.2, 0.25) is 0 Å². The van der Waals surface area contributed by atoms with E-state index in [2.05, 4.69) is 10.3 Å². The van der Waals surface area contributed by atoms with Crippen molar-refractivity contribution < 1.29 is 14.2 Å². The van der Waals surface area contributed by atoms with Crippen LogP contribution in [0, 0.1) is 12.7 Å². The van der Waals surface area contributed by atoms with Crippen molar-refractivity contribution in [2.24, 2.45) is 0 Å². The van der Waals surface area contributed by atoms with Gasteiger partial charge in [-0.25, -0.2) is 9.37 Å². The molecule has 0 aliphatic heterocycles. The number of methoxy groups -OCH3 is 1. The molecule has 0 bridgehead atoms. The molecule has 0 saturated heterocycles. The number of rotatable bonds is 7. The van der Waals surface area contributed by atoms with Crippen molar-refractivity contribution in [2.45, 2.75) is 20.1 Å². The number of aromatic nitrogens is 3. The van der Waals surface area contributed by atoms with E-state index in [9.17, 15) is 14.3 Å². The van der Waals surface area contributed by atoms with Crippen LogP contribution in [-0.2, 0) is 13.2 Å². The quantitative estimate of drug-likeness (QED) is 0.463. The first-order valence-corrected chi connectivity index (χ1v) is 10.0. The van der Waals surface area contributed by atoms with Crippen LogP contribution in [0.1, 0.15) is 16.8 Å². The smallest absolute Gasteiger partial charge is 0.274 e. The molecule has 4 rings (SSSR count). The van der Waals surface area contributed by atoms with Gasteiger partial charge in [0.15, 0.2) is 0 Å². The number of aliphatic hydroxyl groups is 1. The Hall–Kier alpha value is -3.91. The SMILES string of the molecule is COc1cc(Nc2cc(CO)cn(Cc3ccc(F)cc3)c2=O)ccc1-n1cnc(C)c1. The molecule has 0 aliphatic rings. The summed E-state index contributed by atoms with van der Waals surface area (Å²) in [7, 11) is 1.58. The molecule has 164 valence electrons. The van der Waals surface area contributed by atoms with Gasteiger partial charge in [0.1, 0.15) is 17.3 Å². The van der Waals surface area contributed by atoms with E-state index in [0.717, 1.165) is 16.9 Å². The Morgan fingerprint density at radius 3 is 2.53 bits per heavy atom. The average Bonchev–Trinajstić information content (AvgIpc) is 3.23. The molecule has 7 nitrogen and oxygen atoms in total. The Balaban J connectivity index is 1.66. The minimum Gasteiger partial charge on any atom is -0.494 e. The molecule has 8 heteroatoms. The molecule has 2 N–H and O–H groups in total. The van der Waals surface area contributed by atoms with Gasteiger partial charge in [-0.3, -0.25) is 4.79 Å². The molecular weight excluding hydrogens is 411 g/mol. The van der Waals surface area contributed by atoms with Crippen LogP contribution in [0.5, 0.6) is 5.75 Å². The Kier molecular flexibility index (Phi) is 6.04. The van der Waals surface area contributed by atoms with Crippen molar-refractivity contribution in [1.82, 2.24) is 14.1 Å². The van der Waals surface area contributed by atoms with Gasteiger partial charge in [-0.2, -0.15) is 0 Å². The maximum atomic E-state index is 13.2. The summed E-state index contributed by atoms with van der Waals surface area (Å²) in [5, 5.41) is 12.8. The zero-order valence-electron chi connectivity index (χ0n) is 17.7. The highest BCUT2D eigenvalue weighted by Gasteiger charge is 2.11. The minimum absolute atomic E-state index is 0.222. The number of benzene rings is 2. The molecule has 2 aromatic heterocycles. The lowest BCUT2D eigenvalue weighted by atomic mass is 10.2. The van der Waals surface area contributed by atoms with Gasteiger partial charge in [0.05, 0.1) is 38.0 Å². The van der Waals surface area contributed by atoms with Crippen LogP contribution in [0.25, 0.3) is 5.69 Å². The monoisotopic (exact) mass is 434 g/mol. The lowest BCUT2D eigenvalue weighted by Gasteiger charge is -2.15. The standard InChI is InChI=1S/C24H23FN4O3/c1-16-11-29(15-26-16)22-8-7-20(10-23(22)32-2)27-21-9-18(14-30)13-28(24(21)31)12-17-3-5-19(25)6-4-17/h3-11,13,15,27,30H,12,14H2,1-2H3. The lowest BCUT2D eigenvalue weighted by Crippen LogP contribution is -2.23. The summed E-state index contributed by atoms with van der Waals surface area (Å²) in [6.07, 6.45) is 5.20. The summed E-state index contributed by atoms with van der Waals surface area (Å²) < 4.78 is 22.1. The van der Waals surface area contributed by atoms with Crippen molar-refractivity contribution >= 4 is 11.4 Å². The first kappa shape index (κ1) is 21.3. The number of aryl methyl sites for hydroxylation is 1. The maximum absolute atomic E-state index is 13.2. The van der Waals surface area contributed by atoms with Gasteiger partial charge in [-0.05, 0) is 48.4 Å². The number of anilines is 2. The Labute approximate surface area is 184 Å². The molecule has 2 aromatic carbocycles. The molecular formula is C24H23FN4O3. The highest BCUT2D eigenvalue weighted by molar-refractivity contribution is 5.65. The van der Waals surface area contributed by atoms with Crippen LogP contribution in [-0.4, -0.2) is 26.3 Å². The van der Waals surface area contributed by atoms with Gasteiger partial charge in [0.25, 0.3) is 5.56 Å². The van der Waals surface area contributed by atoms with Crippen LogP contribution in [0.15, 0.2) is 72.0 Å². The van der Waals surface area contributed by atoms with Crippen LogP contribution in [0.3, 0.4) is 0 Å². The van der Waals surface area contributed by atoms with E-state index in [1.807, 2.05) is 29.8 Å². The van der Waals surface area contributed by atoms with Gasteiger partial charge in [0, 0.05) is 24.1 Å². The number of hydrogen-bond acceptors (Lipinski definition) is 5. The number of ether oxygens (including phenoxy) is 1. The fourth-order valence-corrected chi connectivity index (χ4v) is 3.46. The summed E-state index contributed by atoms with van der Waals surface area (Å²) in [5.74, 6) is 0.271. The normalized spacial score (nSPS) is 10.9. The predicted octanol–water partition coefficient (Wildman–Crippen LogP) is 3.77. The number of hydrogen-bond donors (Lipinski definition) is 2. The second-order valence-electron chi connectivity index (χ2n) is 7.41. The zero-order chi connectivity index (χ0) is 22.7. The van der Waals surface area contributed by atoms with Crippen LogP contribution < -0.4 is 15.6 Å². The van der Waals surface area contributed by atoms with Gasteiger partial charge in [-0.1, -0.05) is 12.1 Å². The molecule has 0 amide bonds. The first-order valence-electron chi connectivity index (χ1n) is 10.0. The van der Waals surface area contributed by atoms with Crippen LogP contribution in [0.4, 0.5) is 15.8 Å². The summed E-state index contributed by atoms with van der Waals surface area (Å²) in [6.45, 7) is 1.94. The molecule has 4 aromatic rings. The van der Waals surface area contributed by atoms with E-state index in [-0.39, 0.29) is 24.5 Å². The third kappa shape index (κ3) is 4.55. The molecule has 0 spiro atoms. The fraction of sp³-hybridized carbons (Fsp3) is 0.167. The Morgan fingerprint density at radius 2 is 1.88 bits per heavy atom. The number of pyridine rings is 1. The number of nitrogens with zero attached hydrogens (tertiary/aromatic N) is 3. The van der Waals surface area contributed by atoms with Crippen LogP contribution >= 0.6 is 0 Å². The van der Waals surface area contributed by atoms with Crippen molar-refractivity contribution in [2.75, 3.05) is 12.4 Å². The van der Waals surface area contributed by atoms with Crippen molar-refractivity contribution in [3.63, 3.8) is 0 Å². The van der Waals surface area contributed by atoms with E-state index in [0.29, 0.717) is 22.7 Å². The topological polar surface area (TPSA) is 81.3 Å². The minimum atomic E-state index is -0.337. The second-order valence-corrected chi connectivity index (χ2v) is 7.41. The number of halogens is 1. The van der Waals surface area contributed by atoms with Crippen molar-refractivity contribution in [3.05, 3.63) is 100 Å².